The third-order valence-electron chi connectivity index (χ3n) is 3.53. The molecule has 1 aliphatic rings. The number of hydrogen-bond donors (Lipinski definition) is 1. The summed E-state index contributed by atoms with van der Waals surface area (Å²) in [5, 5.41) is 0. The normalized spacial score (nSPS) is 25.4. The fourth-order valence-electron chi connectivity index (χ4n) is 2.50. The lowest BCUT2D eigenvalue weighted by molar-refractivity contribution is 0.255. The molecule has 0 saturated carbocycles. The predicted molar refractivity (Wildman–Crippen MR) is 71.1 cm³/mol. The molecule has 2 atom stereocenters. The molecule has 0 spiro atoms. The smallest absolute Gasteiger partial charge is 0.137 e. The average Bonchev–Trinajstić information content (AvgIpc) is 2.66. The van der Waals surface area contributed by atoms with Crippen molar-refractivity contribution >= 4 is 15.9 Å². The van der Waals surface area contributed by atoms with E-state index in [1.807, 2.05) is 6.07 Å². The van der Waals surface area contributed by atoms with Gasteiger partial charge in [-0.05, 0) is 53.4 Å². The van der Waals surface area contributed by atoms with Gasteiger partial charge in [0.05, 0.1) is 4.47 Å². The number of halogens is 2. The molecule has 1 heterocycles. The largest absolute Gasteiger partial charge is 0.330 e. The lowest BCUT2D eigenvalue weighted by Gasteiger charge is -2.21. The number of likely N-dealkylation sites (tertiary alicyclic amines) is 1. The van der Waals surface area contributed by atoms with Gasteiger partial charge in [0.15, 0.2) is 0 Å². The van der Waals surface area contributed by atoms with Crippen LogP contribution in [-0.2, 0) is 6.54 Å². The molecule has 2 N–H and O–H groups in total. The molecule has 2 nitrogen and oxygen atoms in total. The molecular formula is C13H18BrFN2. The third-order valence-corrected chi connectivity index (χ3v) is 4.42. The second-order valence-corrected chi connectivity index (χ2v) is 5.62. The minimum atomic E-state index is -0.190. The number of benzene rings is 1. The van der Waals surface area contributed by atoms with Crippen LogP contribution in [0.2, 0.25) is 0 Å². The Kier molecular flexibility index (Phi) is 4.17. The molecule has 2 unspecified atom stereocenters. The number of nitrogens with two attached hydrogens (primary N) is 1. The Balaban J connectivity index is 2.08. The molecule has 0 bridgehead atoms. The van der Waals surface area contributed by atoms with Crippen molar-refractivity contribution in [1.29, 1.82) is 0 Å². The zero-order valence-corrected chi connectivity index (χ0v) is 11.6. The molecule has 2 rings (SSSR count). The lowest BCUT2D eigenvalue weighted by atomic mass is 10.1. The fraction of sp³-hybridized carbons (Fsp3) is 0.538. The average molecular weight is 301 g/mol. The van der Waals surface area contributed by atoms with E-state index in [0.717, 1.165) is 31.6 Å². The Morgan fingerprint density at radius 1 is 1.53 bits per heavy atom. The Hall–Kier alpha value is -0.450. The Morgan fingerprint density at radius 3 is 2.94 bits per heavy atom. The van der Waals surface area contributed by atoms with E-state index in [9.17, 15) is 4.39 Å². The molecule has 4 heteroatoms. The highest BCUT2D eigenvalue weighted by Gasteiger charge is 2.28. The van der Waals surface area contributed by atoms with Crippen molar-refractivity contribution in [3.8, 4) is 0 Å². The van der Waals surface area contributed by atoms with E-state index in [0.29, 0.717) is 16.4 Å². The maximum absolute atomic E-state index is 13.4. The maximum atomic E-state index is 13.4. The van der Waals surface area contributed by atoms with Crippen LogP contribution in [-0.4, -0.2) is 24.0 Å². The maximum Gasteiger partial charge on any atom is 0.137 e. The van der Waals surface area contributed by atoms with Gasteiger partial charge in [0.2, 0.25) is 0 Å². The number of rotatable bonds is 3. The van der Waals surface area contributed by atoms with E-state index in [1.54, 1.807) is 6.07 Å². The summed E-state index contributed by atoms with van der Waals surface area (Å²) in [5.41, 5.74) is 6.72. The van der Waals surface area contributed by atoms with Crippen LogP contribution in [0.1, 0.15) is 18.9 Å². The summed E-state index contributed by atoms with van der Waals surface area (Å²) in [6, 6.07) is 5.73. The van der Waals surface area contributed by atoms with Gasteiger partial charge < -0.3 is 5.73 Å². The zero-order valence-electron chi connectivity index (χ0n) is 10.00. The highest BCUT2D eigenvalue weighted by atomic mass is 79.9. The van der Waals surface area contributed by atoms with Gasteiger partial charge in [0, 0.05) is 19.1 Å². The monoisotopic (exact) mass is 300 g/mol. The molecule has 94 valence electrons. The van der Waals surface area contributed by atoms with Crippen molar-refractivity contribution < 1.29 is 4.39 Å². The highest BCUT2D eigenvalue weighted by molar-refractivity contribution is 9.10. The van der Waals surface area contributed by atoms with E-state index >= 15 is 0 Å². The van der Waals surface area contributed by atoms with E-state index < -0.39 is 0 Å². The molecule has 1 saturated heterocycles. The molecule has 0 aromatic heterocycles. The lowest BCUT2D eigenvalue weighted by Crippen LogP contribution is -2.27. The zero-order chi connectivity index (χ0) is 12.4. The van der Waals surface area contributed by atoms with Crippen molar-refractivity contribution in [1.82, 2.24) is 4.90 Å². The van der Waals surface area contributed by atoms with Gasteiger partial charge in [-0.2, -0.15) is 0 Å². The summed E-state index contributed by atoms with van der Waals surface area (Å²) in [5.74, 6) is 0.391. The quantitative estimate of drug-likeness (QED) is 0.930. The minimum Gasteiger partial charge on any atom is -0.330 e. The van der Waals surface area contributed by atoms with Crippen molar-refractivity contribution in [3.63, 3.8) is 0 Å². The third kappa shape index (κ3) is 2.87. The molecule has 0 amide bonds. The van der Waals surface area contributed by atoms with E-state index in [-0.39, 0.29) is 5.82 Å². The summed E-state index contributed by atoms with van der Waals surface area (Å²) in [7, 11) is 0. The van der Waals surface area contributed by atoms with Gasteiger partial charge >= 0.3 is 0 Å². The van der Waals surface area contributed by atoms with Gasteiger partial charge in [-0.1, -0.05) is 12.1 Å². The van der Waals surface area contributed by atoms with Crippen LogP contribution >= 0.6 is 15.9 Å². The molecular weight excluding hydrogens is 283 g/mol. The predicted octanol–water partition coefficient (Wildman–Crippen LogP) is 2.76. The molecule has 1 aromatic carbocycles. The molecule has 0 radical (unpaired) electrons. The second-order valence-electron chi connectivity index (χ2n) is 4.83. The van der Waals surface area contributed by atoms with Crippen LogP contribution in [0.4, 0.5) is 4.39 Å². The van der Waals surface area contributed by atoms with Gasteiger partial charge in [-0.15, -0.1) is 0 Å². The summed E-state index contributed by atoms with van der Waals surface area (Å²) >= 11 is 3.31. The summed E-state index contributed by atoms with van der Waals surface area (Å²) < 4.78 is 14.0. The number of hydrogen-bond acceptors (Lipinski definition) is 2. The first-order valence-electron chi connectivity index (χ1n) is 5.98. The molecule has 1 aliphatic heterocycles. The van der Waals surface area contributed by atoms with Gasteiger partial charge in [0.25, 0.3) is 0 Å². The van der Waals surface area contributed by atoms with Gasteiger partial charge in [-0.25, -0.2) is 4.39 Å². The van der Waals surface area contributed by atoms with Crippen LogP contribution in [0.5, 0.6) is 0 Å². The fourth-order valence-corrected chi connectivity index (χ4v) is 2.89. The summed E-state index contributed by atoms with van der Waals surface area (Å²) in [6.07, 6.45) is 1.14. The van der Waals surface area contributed by atoms with Crippen LogP contribution in [0.15, 0.2) is 22.7 Å². The highest BCUT2D eigenvalue weighted by Crippen LogP contribution is 2.27. The Labute approximate surface area is 110 Å². The van der Waals surface area contributed by atoms with Crippen molar-refractivity contribution in [2.45, 2.75) is 25.9 Å². The first-order chi connectivity index (χ1) is 8.11. The summed E-state index contributed by atoms with van der Waals surface area (Å²) in [6.45, 7) is 4.75. The number of nitrogens with zero attached hydrogens (tertiary/aromatic N) is 1. The van der Waals surface area contributed by atoms with E-state index in [1.165, 1.54) is 6.07 Å². The first-order valence-corrected chi connectivity index (χ1v) is 6.78. The van der Waals surface area contributed by atoms with Crippen LogP contribution in [0, 0.1) is 11.7 Å². The van der Waals surface area contributed by atoms with Gasteiger partial charge in [0.1, 0.15) is 5.82 Å². The molecule has 1 aromatic rings. The van der Waals surface area contributed by atoms with Crippen molar-refractivity contribution in [2.24, 2.45) is 11.7 Å². The van der Waals surface area contributed by atoms with Crippen molar-refractivity contribution in [2.75, 3.05) is 13.1 Å². The van der Waals surface area contributed by atoms with Crippen LogP contribution in [0.25, 0.3) is 0 Å². The topological polar surface area (TPSA) is 29.3 Å². The van der Waals surface area contributed by atoms with Gasteiger partial charge in [-0.3, -0.25) is 4.90 Å². The molecule has 1 fully saturated rings. The minimum absolute atomic E-state index is 0.190. The summed E-state index contributed by atoms with van der Waals surface area (Å²) in [4.78, 5) is 2.37. The Morgan fingerprint density at radius 2 is 2.29 bits per heavy atom. The standard InChI is InChI=1S/C13H18BrFN2/c1-9-5-10(6-16)7-17(9)8-11-3-2-4-12(15)13(11)14/h2-4,9-10H,5-8,16H2,1H3. The van der Waals surface area contributed by atoms with Crippen LogP contribution in [0.3, 0.4) is 0 Å². The SMILES string of the molecule is CC1CC(CN)CN1Cc1cccc(F)c1Br. The van der Waals surface area contributed by atoms with Crippen LogP contribution < -0.4 is 5.73 Å². The second kappa shape index (κ2) is 5.46. The Bertz CT molecular complexity index is 397. The van der Waals surface area contributed by atoms with Crippen molar-refractivity contribution in [3.05, 3.63) is 34.1 Å². The molecule has 0 aliphatic carbocycles. The first kappa shape index (κ1) is 13.0. The van der Waals surface area contributed by atoms with E-state index in [2.05, 4.69) is 27.8 Å². The molecule has 17 heavy (non-hydrogen) atoms. The van der Waals surface area contributed by atoms with E-state index in [4.69, 9.17) is 5.73 Å².